The zero-order valence-electron chi connectivity index (χ0n) is 19.7. The number of carbonyl (C=O) groups excluding carboxylic acids is 2. The molecule has 0 aliphatic heterocycles. The minimum atomic E-state index is -3.77. The van der Waals surface area contributed by atoms with Crippen LogP contribution in [0.25, 0.3) is 21.7 Å². The molecule has 1 aromatic heterocycles. The van der Waals surface area contributed by atoms with Gasteiger partial charge in [-0.1, -0.05) is 60.7 Å². The smallest absolute Gasteiger partial charge is 0.261 e. The van der Waals surface area contributed by atoms with E-state index in [1.54, 1.807) is 48.7 Å². The van der Waals surface area contributed by atoms with E-state index in [1.165, 1.54) is 0 Å². The van der Waals surface area contributed by atoms with Crippen molar-refractivity contribution in [3.8, 4) is 0 Å². The van der Waals surface area contributed by atoms with E-state index in [0.717, 1.165) is 27.2 Å². The number of H-pyrrole nitrogens is 1. The molecular formula is C28H24N4O4S. The molecule has 4 aromatic carbocycles. The van der Waals surface area contributed by atoms with Crippen LogP contribution in [0.2, 0.25) is 0 Å². The van der Waals surface area contributed by atoms with Gasteiger partial charge in [-0.15, -0.1) is 0 Å². The third-order valence-corrected chi connectivity index (χ3v) is 7.35. The molecule has 5 aromatic rings. The van der Waals surface area contributed by atoms with Crippen LogP contribution in [0.15, 0.2) is 102 Å². The highest BCUT2D eigenvalue weighted by molar-refractivity contribution is 7.92. The molecule has 0 spiro atoms. The van der Waals surface area contributed by atoms with Gasteiger partial charge in [-0.3, -0.25) is 25.2 Å². The summed E-state index contributed by atoms with van der Waals surface area (Å²) < 4.78 is 28.2. The van der Waals surface area contributed by atoms with Gasteiger partial charge in [0.2, 0.25) is 11.8 Å². The Morgan fingerprint density at radius 1 is 0.730 bits per heavy atom. The molecule has 0 bridgehead atoms. The van der Waals surface area contributed by atoms with Gasteiger partial charge in [-0.2, -0.15) is 0 Å². The molecule has 0 saturated heterocycles. The average Bonchev–Trinajstić information content (AvgIpc) is 3.31. The van der Waals surface area contributed by atoms with Crippen LogP contribution >= 0.6 is 0 Å². The van der Waals surface area contributed by atoms with Crippen molar-refractivity contribution in [3.05, 3.63) is 108 Å². The summed E-state index contributed by atoms with van der Waals surface area (Å²) in [5.74, 6) is -0.728. The van der Waals surface area contributed by atoms with Crippen LogP contribution in [0.5, 0.6) is 0 Å². The summed E-state index contributed by atoms with van der Waals surface area (Å²) in [4.78, 5) is 27.8. The maximum absolute atomic E-state index is 12.8. The van der Waals surface area contributed by atoms with E-state index in [2.05, 4.69) is 20.6 Å². The van der Waals surface area contributed by atoms with Crippen molar-refractivity contribution in [3.63, 3.8) is 0 Å². The summed E-state index contributed by atoms with van der Waals surface area (Å²) in [5, 5.41) is 2.75. The van der Waals surface area contributed by atoms with Crippen LogP contribution in [-0.4, -0.2) is 25.2 Å². The van der Waals surface area contributed by atoms with Crippen LogP contribution in [0.3, 0.4) is 0 Å². The number of para-hydroxylation sites is 1. The summed E-state index contributed by atoms with van der Waals surface area (Å²) >= 11 is 0. The first-order valence-corrected chi connectivity index (χ1v) is 13.1. The number of hydrazine groups is 1. The number of benzene rings is 4. The Balaban J connectivity index is 1.14. The van der Waals surface area contributed by atoms with Crippen molar-refractivity contribution in [1.29, 1.82) is 0 Å². The van der Waals surface area contributed by atoms with Crippen LogP contribution < -0.4 is 15.6 Å². The van der Waals surface area contributed by atoms with Crippen molar-refractivity contribution in [2.24, 2.45) is 0 Å². The predicted molar refractivity (Wildman–Crippen MR) is 143 cm³/mol. The highest BCUT2D eigenvalue weighted by Gasteiger charge is 2.15. The van der Waals surface area contributed by atoms with Gasteiger partial charge in [-0.25, -0.2) is 8.42 Å². The first kappa shape index (κ1) is 24.1. The maximum atomic E-state index is 12.8. The molecule has 37 heavy (non-hydrogen) atoms. The molecule has 0 aliphatic rings. The highest BCUT2D eigenvalue weighted by atomic mass is 32.2. The molecule has 0 fully saturated rings. The lowest BCUT2D eigenvalue weighted by molar-refractivity contribution is -0.128. The largest absolute Gasteiger partial charge is 0.361 e. The number of aromatic nitrogens is 1. The zero-order chi connectivity index (χ0) is 25.8. The van der Waals surface area contributed by atoms with E-state index in [-0.39, 0.29) is 23.6 Å². The third-order valence-electron chi connectivity index (χ3n) is 5.97. The number of carbonyl (C=O) groups is 2. The van der Waals surface area contributed by atoms with Crippen molar-refractivity contribution in [2.45, 2.75) is 17.7 Å². The lowest BCUT2D eigenvalue weighted by atomic mass is 10.1. The van der Waals surface area contributed by atoms with E-state index in [0.29, 0.717) is 11.3 Å². The van der Waals surface area contributed by atoms with Crippen molar-refractivity contribution >= 4 is 49.2 Å². The Morgan fingerprint density at radius 3 is 2.19 bits per heavy atom. The van der Waals surface area contributed by atoms with Crippen LogP contribution in [0.4, 0.5) is 5.69 Å². The average molecular weight is 513 g/mol. The number of fused-ring (bicyclic) bond motifs is 2. The fourth-order valence-corrected chi connectivity index (χ4v) is 5.20. The number of anilines is 1. The summed E-state index contributed by atoms with van der Waals surface area (Å²) in [5.41, 5.74) is 7.68. The van der Waals surface area contributed by atoms with E-state index >= 15 is 0 Å². The minimum absolute atomic E-state index is 0.0189. The molecule has 9 heteroatoms. The maximum Gasteiger partial charge on any atom is 0.261 e. The van der Waals surface area contributed by atoms with E-state index < -0.39 is 15.9 Å². The quantitative estimate of drug-likeness (QED) is 0.246. The van der Waals surface area contributed by atoms with Crippen LogP contribution in [-0.2, 0) is 32.5 Å². The summed E-state index contributed by atoms with van der Waals surface area (Å²) in [6.45, 7) is 0. The summed E-state index contributed by atoms with van der Waals surface area (Å²) in [6, 6.07) is 26.7. The zero-order valence-corrected chi connectivity index (χ0v) is 20.5. The highest BCUT2D eigenvalue weighted by Crippen LogP contribution is 2.22. The number of rotatable bonds is 7. The monoisotopic (exact) mass is 512 g/mol. The fourth-order valence-electron chi connectivity index (χ4n) is 4.10. The molecule has 0 unspecified atom stereocenters. The Kier molecular flexibility index (Phi) is 6.61. The second-order valence-corrected chi connectivity index (χ2v) is 10.3. The molecule has 0 atom stereocenters. The topological polar surface area (TPSA) is 120 Å². The Hall–Kier alpha value is -4.63. The number of hydrogen-bond acceptors (Lipinski definition) is 4. The first-order chi connectivity index (χ1) is 17.9. The van der Waals surface area contributed by atoms with Crippen LogP contribution in [0.1, 0.15) is 11.1 Å². The van der Waals surface area contributed by atoms with Crippen molar-refractivity contribution < 1.29 is 18.0 Å². The number of aromatic amines is 1. The molecular weight excluding hydrogens is 488 g/mol. The second-order valence-electron chi connectivity index (χ2n) is 8.62. The van der Waals surface area contributed by atoms with Gasteiger partial charge in [0.05, 0.1) is 17.7 Å². The minimum Gasteiger partial charge on any atom is -0.361 e. The Morgan fingerprint density at radius 2 is 1.41 bits per heavy atom. The molecule has 0 aliphatic carbocycles. The van der Waals surface area contributed by atoms with Crippen molar-refractivity contribution in [2.75, 3.05) is 4.72 Å². The predicted octanol–water partition coefficient (Wildman–Crippen LogP) is 4.05. The van der Waals surface area contributed by atoms with Gasteiger partial charge in [0.15, 0.2) is 0 Å². The number of nitrogens with one attached hydrogen (secondary N) is 4. The molecule has 186 valence electrons. The van der Waals surface area contributed by atoms with E-state index in [4.69, 9.17) is 0 Å². The summed E-state index contributed by atoms with van der Waals surface area (Å²) in [6.07, 6.45) is 1.92. The molecule has 0 radical (unpaired) electrons. The standard InChI is InChI=1S/C28H24N4O4S/c33-27(30-31-28(34)17-22-18-29-26-8-4-3-7-25(22)26)15-19-9-12-23(13-10-19)32-37(35,36)24-14-11-20-5-1-2-6-21(20)16-24/h1-14,16,18,29,32H,15,17H2,(H,30,33)(H,31,34). The van der Waals surface area contributed by atoms with Gasteiger partial charge in [0, 0.05) is 22.8 Å². The lowest BCUT2D eigenvalue weighted by Crippen LogP contribution is -2.43. The molecule has 0 saturated carbocycles. The lowest BCUT2D eigenvalue weighted by Gasteiger charge is -2.10. The summed E-state index contributed by atoms with van der Waals surface area (Å²) in [7, 11) is -3.77. The number of hydrogen-bond donors (Lipinski definition) is 4. The van der Waals surface area contributed by atoms with Gasteiger partial charge >= 0.3 is 0 Å². The molecule has 5 rings (SSSR count). The second kappa shape index (κ2) is 10.2. The molecule has 2 amide bonds. The van der Waals surface area contributed by atoms with Gasteiger partial charge in [-0.05, 0) is 52.2 Å². The van der Waals surface area contributed by atoms with E-state index in [1.807, 2.05) is 48.5 Å². The molecule has 4 N–H and O–H groups in total. The normalized spacial score (nSPS) is 11.4. The molecule has 8 nitrogen and oxygen atoms in total. The van der Waals surface area contributed by atoms with Crippen LogP contribution in [0, 0.1) is 0 Å². The Labute approximate surface area is 213 Å². The number of amides is 2. The van der Waals surface area contributed by atoms with Gasteiger partial charge in [0.1, 0.15) is 0 Å². The van der Waals surface area contributed by atoms with Gasteiger partial charge in [0.25, 0.3) is 10.0 Å². The third kappa shape index (κ3) is 5.62. The Bertz CT molecular complexity index is 1710. The molecule has 1 heterocycles. The fraction of sp³-hybridized carbons (Fsp3) is 0.0714. The SMILES string of the molecule is O=C(Cc1ccc(NS(=O)(=O)c2ccc3ccccc3c2)cc1)NNC(=O)Cc1c[nH]c2ccccc12. The van der Waals surface area contributed by atoms with Crippen molar-refractivity contribution in [1.82, 2.24) is 15.8 Å². The number of sulfonamides is 1. The van der Waals surface area contributed by atoms with E-state index in [9.17, 15) is 18.0 Å². The first-order valence-electron chi connectivity index (χ1n) is 11.6. The van der Waals surface area contributed by atoms with Gasteiger partial charge < -0.3 is 4.98 Å².